The van der Waals surface area contributed by atoms with Crippen LogP contribution in [0.1, 0.15) is 12.8 Å². The van der Waals surface area contributed by atoms with Crippen molar-refractivity contribution in [1.82, 2.24) is 4.90 Å². The van der Waals surface area contributed by atoms with Crippen molar-refractivity contribution in [2.45, 2.75) is 31.2 Å². The molecule has 0 saturated carbocycles. The number of hydrogen-bond donors (Lipinski definition) is 1. The number of alkyl halides is 3. The van der Waals surface area contributed by atoms with Crippen molar-refractivity contribution in [3.8, 4) is 0 Å². The molecular formula is C9H17F3N2O. The van der Waals surface area contributed by atoms with Crippen LogP contribution in [0.4, 0.5) is 13.2 Å². The fraction of sp³-hybridized carbons (Fsp3) is 1.00. The lowest BCUT2D eigenvalue weighted by atomic mass is 10.0. The lowest BCUT2D eigenvalue weighted by molar-refractivity contribution is -0.139. The van der Waals surface area contributed by atoms with Gasteiger partial charge in [0.05, 0.1) is 12.7 Å². The number of morpholine rings is 1. The number of nitrogens with two attached hydrogens (primary N) is 1. The number of nitrogens with zero attached hydrogens (tertiary/aromatic N) is 1. The maximum atomic E-state index is 12.0. The zero-order valence-corrected chi connectivity index (χ0v) is 8.76. The second-order valence-corrected chi connectivity index (χ2v) is 3.99. The predicted molar refractivity (Wildman–Crippen MR) is 50.5 cm³/mol. The van der Waals surface area contributed by atoms with Gasteiger partial charge in [0.1, 0.15) is 0 Å². The molecule has 15 heavy (non-hydrogen) atoms. The van der Waals surface area contributed by atoms with Crippen molar-refractivity contribution >= 4 is 0 Å². The van der Waals surface area contributed by atoms with Crippen LogP contribution in [0.3, 0.4) is 0 Å². The minimum atomic E-state index is -4.13. The smallest absolute Gasteiger partial charge is 0.374 e. The van der Waals surface area contributed by atoms with Crippen molar-refractivity contribution < 1.29 is 17.9 Å². The Morgan fingerprint density at radius 2 is 2.20 bits per heavy atom. The van der Waals surface area contributed by atoms with Gasteiger partial charge >= 0.3 is 6.18 Å². The SMILES string of the molecule is CN1CCOC(C(N)CCC(F)(F)F)C1. The summed E-state index contributed by atoms with van der Waals surface area (Å²) in [5.41, 5.74) is 5.67. The molecule has 0 aromatic carbocycles. The van der Waals surface area contributed by atoms with Crippen LogP contribution in [0.15, 0.2) is 0 Å². The van der Waals surface area contributed by atoms with Crippen molar-refractivity contribution in [2.75, 3.05) is 26.7 Å². The summed E-state index contributed by atoms with van der Waals surface area (Å²) in [5, 5.41) is 0. The fourth-order valence-corrected chi connectivity index (χ4v) is 1.59. The van der Waals surface area contributed by atoms with E-state index in [1.54, 1.807) is 0 Å². The zero-order chi connectivity index (χ0) is 11.5. The Labute approximate surface area is 87.4 Å². The van der Waals surface area contributed by atoms with E-state index in [0.29, 0.717) is 13.2 Å². The van der Waals surface area contributed by atoms with Crippen LogP contribution in [0.2, 0.25) is 0 Å². The average molecular weight is 226 g/mol. The largest absolute Gasteiger partial charge is 0.389 e. The Kier molecular flexibility index (Phi) is 4.36. The molecule has 2 N–H and O–H groups in total. The van der Waals surface area contributed by atoms with Gasteiger partial charge in [-0.15, -0.1) is 0 Å². The van der Waals surface area contributed by atoms with Crippen molar-refractivity contribution in [2.24, 2.45) is 5.73 Å². The number of halogens is 3. The van der Waals surface area contributed by atoms with Gasteiger partial charge in [0.2, 0.25) is 0 Å². The van der Waals surface area contributed by atoms with Crippen LogP contribution in [0, 0.1) is 0 Å². The second-order valence-electron chi connectivity index (χ2n) is 3.99. The molecule has 1 aliphatic heterocycles. The van der Waals surface area contributed by atoms with Gasteiger partial charge in [-0.2, -0.15) is 13.2 Å². The first-order chi connectivity index (χ1) is 6.88. The average Bonchev–Trinajstić information content (AvgIpc) is 2.13. The maximum absolute atomic E-state index is 12.0. The van der Waals surface area contributed by atoms with E-state index in [0.717, 1.165) is 6.54 Å². The molecule has 0 aromatic rings. The third-order valence-corrected chi connectivity index (χ3v) is 2.54. The van der Waals surface area contributed by atoms with Gasteiger partial charge < -0.3 is 15.4 Å². The highest BCUT2D eigenvalue weighted by atomic mass is 19.4. The van der Waals surface area contributed by atoms with Crippen molar-refractivity contribution in [3.05, 3.63) is 0 Å². The Hall–Kier alpha value is -0.330. The molecule has 0 radical (unpaired) electrons. The summed E-state index contributed by atoms with van der Waals surface area (Å²) in [5.74, 6) is 0. The van der Waals surface area contributed by atoms with Crippen LogP contribution >= 0.6 is 0 Å². The third-order valence-electron chi connectivity index (χ3n) is 2.54. The highest BCUT2D eigenvalue weighted by molar-refractivity contribution is 4.80. The molecule has 2 atom stereocenters. The van der Waals surface area contributed by atoms with E-state index in [2.05, 4.69) is 0 Å². The normalized spacial score (nSPS) is 26.6. The molecule has 0 aliphatic carbocycles. The molecule has 2 unspecified atom stereocenters. The van der Waals surface area contributed by atoms with Crippen molar-refractivity contribution in [1.29, 1.82) is 0 Å². The van der Waals surface area contributed by atoms with Crippen LogP contribution in [-0.4, -0.2) is 50.0 Å². The molecule has 1 rings (SSSR count). The van der Waals surface area contributed by atoms with E-state index in [1.165, 1.54) is 0 Å². The Balaban J connectivity index is 2.29. The van der Waals surface area contributed by atoms with Gasteiger partial charge in [-0.3, -0.25) is 0 Å². The zero-order valence-electron chi connectivity index (χ0n) is 8.76. The molecule has 1 saturated heterocycles. The molecule has 1 heterocycles. The maximum Gasteiger partial charge on any atom is 0.389 e. The van der Waals surface area contributed by atoms with E-state index in [1.807, 2.05) is 11.9 Å². The van der Waals surface area contributed by atoms with Gasteiger partial charge in [-0.25, -0.2) is 0 Å². The molecule has 3 nitrogen and oxygen atoms in total. The summed E-state index contributed by atoms with van der Waals surface area (Å²) in [7, 11) is 1.91. The van der Waals surface area contributed by atoms with E-state index in [4.69, 9.17) is 10.5 Å². The van der Waals surface area contributed by atoms with Crippen LogP contribution in [0.5, 0.6) is 0 Å². The van der Waals surface area contributed by atoms with Gasteiger partial charge in [-0.1, -0.05) is 0 Å². The Morgan fingerprint density at radius 1 is 1.53 bits per heavy atom. The fourth-order valence-electron chi connectivity index (χ4n) is 1.59. The molecular weight excluding hydrogens is 209 g/mol. The number of hydrogen-bond acceptors (Lipinski definition) is 3. The molecule has 90 valence electrons. The first-order valence-electron chi connectivity index (χ1n) is 5.01. The summed E-state index contributed by atoms with van der Waals surface area (Å²) < 4.78 is 41.2. The van der Waals surface area contributed by atoms with Gasteiger partial charge in [-0.05, 0) is 13.5 Å². The summed E-state index contributed by atoms with van der Waals surface area (Å²) >= 11 is 0. The number of ether oxygens (including phenoxy) is 1. The minimum absolute atomic E-state index is 0.0675. The highest BCUT2D eigenvalue weighted by Gasteiger charge is 2.31. The van der Waals surface area contributed by atoms with E-state index in [9.17, 15) is 13.2 Å². The monoisotopic (exact) mass is 226 g/mol. The number of rotatable bonds is 3. The first-order valence-corrected chi connectivity index (χ1v) is 5.01. The molecule has 0 bridgehead atoms. The molecule has 6 heteroatoms. The second kappa shape index (κ2) is 5.14. The van der Waals surface area contributed by atoms with Gasteiger partial charge in [0.25, 0.3) is 0 Å². The summed E-state index contributed by atoms with van der Waals surface area (Å²) in [6.07, 6.45) is -5.30. The van der Waals surface area contributed by atoms with E-state index < -0.39 is 18.6 Å². The molecule has 0 amide bonds. The van der Waals surface area contributed by atoms with Crippen LogP contribution < -0.4 is 5.73 Å². The summed E-state index contributed by atoms with van der Waals surface area (Å²) in [6, 6.07) is -0.533. The standard InChI is InChI=1S/C9H17F3N2O/c1-14-4-5-15-8(6-14)7(13)2-3-9(10,11)12/h7-8H,2-6,13H2,1H3. The molecule has 1 fully saturated rings. The van der Waals surface area contributed by atoms with Gasteiger partial charge in [0, 0.05) is 25.6 Å². The minimum Gasteiger partial charge on any atom is -0.374 e. The van der Waals surface area contributed by atoms with E-state index in [-0.39, 0.29) is 12.5 Å². The lowest BCUT2D eigenvalue weighted by Gasteiger charge is -2.33. The predicted octanol–water partition coefficient (Wildman–Crippen LogP) is 0.987. The quantitative estimate of drug-likeness (QED) is 0.779. The third kappa shape index (κ3) is 4.81. The number of likely N-dealkylation sites (N-methyl/N-ethyl adjacent to an activating group) is 1. The Morgan fingerprint density at radius 3 is 2.73 bits per heavy atom. The van der Waals surface area contributed by atoms with Gasteiger partial charge in [0.15, 0.2) is 0 Å². The topological polar surface area (TPSA) is 38.5 Å². The summed E-state index contributed by atoms with van der Waals surface area (Å²) in [6.45, 7) is 1.96. The van der Waals surface area contributed by atoms with E-state index >= 15 is 0 Å². The van der Waals surface area contributed by atoms with Crippen LogP contribution in [0.25, 0.3) is 0 Å². The molecule has 0 spiro atoms. The first kappa shape index (κ1) is 12.7. The molecule has 0 aromatic heterocycles. The lowest BCUT2D eigenvalue weighted by Crippen LogP contribution is -2.49. The van der Waals surface area contributed by atoms with Crippen LogP contribution in [-0.2, 0) is 4.74 Å². The molecule has 1 aliphatic rings. The Bertz CT molecular complexity index is 198. The van der Waals surface area contributed by atoms with Crippen molar-refractivity contribution in [3.63, 3.8) is 0 Å². The highest BCUT2D eigenvalue weighted by Crippen LogP contribution is 2.23. The summed E-state index contributed by atoms with van der Waals surface area (Å²) in [4.78, 5) is 2.02.